The van der Waals surface area contributed by atoms with Crippen LogP contribution in [-0.4, -0.2) is 12.1 Å². The van der Waals surface area contributed by atoms with Gasteiger partial charge in [0, 0.05) is 6.54 Å². The Morgan fingerprint density at radius 1 is 1.28 bits per heavy atom. The minimum absolute atomic E-state index is 0.166. The summed E-state index contributed by atoms with van der Waals surface area (Å²) in [5.41, 5.74) is 6.72. The van der Waals surface area contributed by atoms with E-state index < -0.39 is 0 Å². The third-order valence-corrected chi connectivity index (χ3v) is 4.02. The summed E-state index contributed by atoms with van der Waals surface area (Å²) in [7, 11) is 0. The maximum absolute atomic E-state index is 12.8. The molecule has 0 unspecified atom stereocenters. The fourth-order valence-corrected chi connectivity index (χ4v) is 2.51. The van der Waals surface area contributed by atoms with Crippen LogP contribution in [0.15, 0.2) is 24.3 Å². The number of benzene rings is 1. The lowest BCUT2D eigenvalue weighted by molar-refractivity contribution is -0.0799. The van der Waals surface area contributed by atoms with Crippen LogP contribution in [0.4, 0.5) is 4.39 Å². The van der Waals surface area contributed by atoms with Gasteiger partial charge in [-0.1, -0.05) is 19.1 Å². The first kappa shape index (κ1) is 13.5. The molecule has 0 spiro atoms. The van der Waals surface area contributed by atoms with Crippen molar-refractivity contribution in [2.45, 2.75) is 44.8 Å². The van der Waals surface area contributed by atoms with E-state index in [1.807, 2.05) is 0 Å². The van der Waals surface area contributed by atoms with Crippen LogP contribution in [-0.2, 0) is 11.3 Å². The zero-order chi connectivity index (χ0) is 13.0. The largest absolute Gasteiger partial charge is 0.369 e. The first-order valence-electron chi connectivity index (χ1n) is 6.72. The van der Waals surface area contributed by atoms with E-state index in [1.165, 1.54) is 25.0 Å². The lowest BCUT2D eigenvalue weighted by atomic mass is 9.79. The Kier molecular flexibility index (Phi) is 4.36. The average Bonchev–Trinajstić information content (AvgIpc) is 2.41. The summed E-state index contributed by atoms with van der Waals surface area (Å²) in [6, 6.07) is 6.48. The predicted molar refractivity (Wildman–Crippen MR) is 70.6 cm³/mol. The molecule has 2 rings (SSSR count). The monoisotopic (exact) mass is 251 g/mol. The molecule has 1 aromatic rings. The average molecular weight is 251 g/mol. The third kappa shape index (κ3) is 3.30. The second-order valence-electron chi connectivity index (χ2n) is 5.48. The van der Waals surface area contributed by atoms with Crippen molar-refractivity contribution in [3.63, 3.8) is 0 Å². The summed E-state index contributed by atoms with van der Waals surface area (Å²) in [6.07, 6.45) is 4.43. The van der Waals surface area contributed by atoms with E-state index in [2.05, 4.69) is 6.92 Å². The molecular weight excluding hydrogens is 229 g/mol. The van der Waals surface area contributed by atoms with Gasteiger partial charge in [0.25, 0.3) is 0 Å². The van der Waals surface area contributed by atoms with Gasteiger partial charge in [-0.2, -0.15) is 0 Å². The quantitative estimate of drug-likeness (QED) is 0.891. The maximum Gasteiger partial charge on any atom is 0.123 e. The molecule has 100 valence electrons. The molecule has 2 nitrogen and oxygen atoms in total. The van der Waals surface area contributed by atoms with Crippen LogP contribution in [0.2, 0.25) is 0 Å². The van der Waals surface area contributed by atoms with Crippen LogP contribution >= 0.6 is 0 Å². The normalized spacial score (nSPS) is 28.3. The zero-order valence-corrected chi connectivity index (χ0v) is 11.0. The molecule has 3 heteroatoms. The smallest absolute Gasteiger partial charge is 0.123 e. The summed E-state index contributed by atoms with van der Waals surface area (Å²) in [5, 5.41) is 0. The highest BCUT2D eigenvalue weighted by Gasteiger charge is 2.33. The van der Waals surface area contributed by atoms with E-state index in [0.717, 1.165) is 24.3 Å². The molecule has 0 amide bonds. The second-order valence-corrected chi connectivity index (χ2v) is 5.48. The van der Waals surface area contributed by atoms with Gasteiger partial charge in [-0.3, -0.25) is 0 Å². The van der Waals surface area contributed by atoms with Crippen LogP contribution in [0.5, 0.6) is 0 Å². The van der Waals surface area contributed by atoms with Gasteiger partial charge in [0.1, 0.15) is 5.82 Å². The molecule has 1 fully saturated rings. The van der Waals surface area contributed by atoms with Crippen LogP contribution < -0.4 is 5.73 Å². The standard InChI is InChI=1S/C15H22FNO/c1-12-6-8-15(11-17,9-7-12)18-10-13-2-4-14(16)5-3-13/h2-5,12H,6-11,17H2,1H3. The highest BCUT2D eigenvalue weighted by atomic mass is 19.1. The first-order chi connectivity index (χ1) is 8.63. The van der Waals surface area contributed by atoms with Crippen molar-refractivity contribution in [1.82, 2.24) is 0 Å². The lowest BCUT2D eigenvalue weighted by Crippen LogP contribution is -2.43. The molecule has 0 heterocycles. The van der Waals surface area contributed by atoms with E-state index in [0.29, 0.717) is 13.2 Å². The van der Waals surface area contributed by atoms with E-state index in [-0.39, 0.29) is 11.4 Å². The molecule has 1 aliphatic rings. The Morgan fingerprint density at radius 2 is 1.89 bits per heavy atom. The first-order valence-corrected chi connectivity index (χ1v) is 6.72. The van der Waals surface area contributed by atoms with Gasteiger partial charge in [0.05, 0.1) is 12.2 Å². The molecule has 0 aliphatic heterocycles. The molecule has 0 atom stereocenters. The number of nitrogens with two attached hydrogens (primary N) is 1. The highest BCUT2D eigenvalue weighted by Crippen LogP contribution is 2.34. The van der Waals surface area contributed by atoms with E-state index >= 15 is 0 Å². The van der Waals surface area contributed by atoms with Gasteiger partial charge in [-0.25, -0.2) is 4.39 Å². The zero-order valence-electron chi connectivity index (χ0n) is 11.0. The highest BCUT2D eigenvalue weighted by molar-refractivity contribution is 5.15. The Hall–Kier alpha value is -0.930. The van der Waals surface area contributed by atoms with Gasteiger partial charge >= 0.3 is 0 Å². The molecular formula is C15H22FNO. The van der Waals surface area contributed by atoms with E-state index in [9.17, 15) is 4.39 Å². The van der Waals surface area contributed by atoms with E-state index in [1.54, 1.807) is 12.1 Å². The second kappa shape index (κ2) is 5.81. The SMILES string of the molecule is CC1CCC(CN)(OCc2ccc(F)cc2)CC1. The molecule has 2 N–H and O–H groups in total. The van der Waals surface area contributed by atoms with Gasteiger partial charge in [0.15, 0.2) is 0 Å². The number of hydrogen-bond acceptors (Lipinski definition) is 2. The molecule has 0 saturated heterocycles. The Morgan fingerprint density at radius 3 is 2.44 bits per heavy atom. The van der Waals surface area contributed by atoms with Gasteiger partial charge in [-0.15, -0.1) is 0 Å². The van der Waals surface area contributed by atoms with Crippen LogP contribution in [0.1, 0.15) is 38.2 Å². The Bertz CT molecular complexity index is 369. The van der Waals surface area contributed by atoms with Crippen LogP contribution in [0.25, 0.3) is 0 Å². The minimum atomic E-state index is -0.209. The summed E-state index contributed by atoms with van der Waals surface area (Å²) in [6.45, 7) is 3.37. The van der Waals surface area contributed by atoms with E-state index in [4.69, 9.17) is 10.5 Å². The summed E-state index contributed by atoms with van der Waals surface area (Å²) in [4.78, 5) is 0. The fourth-order valence-electron chi connectivity index (χ4n) is 2.51. The number of rotatable bonds is 4. The number of halogens is 1. The van der Waals surface area contributed by atoms with Crippen LogP contribution in [0.3, 0.4) is 0 Å². The molecule has 1 saturated carbocycles. The molecule has 1 aromatic carbocycles. The summed E-state index contributed by atoms with van der Waals surface area (Å²) < 4.78 is 18.9. The van der Waals surface area contributed by atoms with Gasteiger partial charge in [-0.05, 0) is 49.3 Å². The topological polar surface area (TPSA) is 35.2 Å². The van der Waals surface area contributed by atoms with Gasteiger partial charge < -0.3 is 10.5 Å². The Labute approximate surface area is 108 Å². The third-order valence-electron chi connectivity index (χ3n) is 4.02. The van der Waals surface area contributed by atoms with Crippen molar-refractivity contribution < 1.29 is 9.13 Å². The fraction of sp³-hybridized carbons (Fsp3) is 0.600. The lowest BCUT2D eigenvalue weighted by Gasteiger charge is -2.38. The summed E-state index contributed by atoms with van der Waals surface area (Å²) >= 11 is 0. The molecule has 18 heavy (non-hydrogen) atoms. The van der Waals surface area contributed by atoms with Crippen molar-refractivity contribution in [3.05, 3.63) is 35.6 Å². The number of ether oxygens (including phenoxy) is 1. The van der Waals surface area contributed by atoms with Gasteiger partial charge in [0.2, 0.25) is 0 Å². The van der Waals surface area contributed by atoms with Crippen LogP contribution in [0, 0.1) is 11.7 Å². The Balaban J connectivity index is 1.92. The maximum atomic E-state index is 12.8. The molecule has 1 aliphatic carbocycles. The van der Waals surface area contributed by atoms with Crippen molar-refractivity contribution in [3.8, 4) is 0 Å². The molecule has 0 radical (unpaired) electrons. The minimum Gasteiger partial charge on any atom is -0.369 e. The van der Waals surface area contributed by atoms with Crippen molar-refractivity contribution in [2.24, 2.45) is 11.7 Å². The van der Waals surface area contributed by atoms with Crippen molar-refractivity contribution >= 4 is 0 Å². The predicted octanol–water partition coefficient (Wildman–Crippen LogP) is 3.25. The molecule has 0 bridgehead atoms. The van der Waals surface area contributed by atoms with Crippen molar-refractivity contribution in [1.29, 1.82) is 0 Å². The number of hydrogen-bond donors (Lipinski definition) is 1. The molecule has 0 aromatic heterocycles. The van der Waals surface area contributed by atoms with Crippen molar-refractivity contribution in [2.75, 3.05) is 6.54 Å². The summed E-state index contributed by atoms with van der Waals surface area (Å²) in [5.74, 6) is 0.567.